The van der Waals surface area contributed by atoms with Crippen LogP contribution in [0.3, 0.4) is 0 Å². The van der Waals surface area contributed by atoms with Gasteiger partial charge >= 0.3 is 0 Å². The van der Waals surface area contributed by atoms with Crippen LogP contribution in [0.4, 0.5) is 0 Å². The Labute approximate surface area is 96.8 Å². The molecule has 1 fully saturated rings. The summed E-state index contributed by atoms with van der Waals surface area (Å²) in [6, 6.07) is 6.91. The number of hydrogen-bond donors (Lipinski definition) is 1. The Balaban J connectivity index is 2.20. The zero-order valence-electron chi connectivity index (χ0n) is 10.1. The van der Waals surface area contributed by atoms with Gasteiger partial charge in [0.05, 0.1) is 14.2 Å². The van der Waals surface area contributed by atoms with Gasteiger partial charge in [0, 0.05) is 17.6 Å². The van der Waals surface area contributed by atoms with Gasteiger partial charge in [-0.2, -0.15) is 0 Å². The molecule has 1 saturated carbocycles. The largest absolute Gasteiger partial charge is 0.497 e. The summed E-state index contributed by atoms with van der Waals surface area (Å²) in [4.78, 5) is 0. The molecule has 2 rings (SSSR count). The fourth-order valence-corrected chi connectivity index (χ4v) is 1.87. The van der Waals surface area contributed by atoms with Gasteiger partial charge in [-0.05, 0) is 38.0 Å². The topological polar surface area (TPSA) is 30.5 Å². The molecule has 0 saturated heterocycles. The van der Waals surface area contributed by atoms with Crippen LogP contribution in [0.25, 0.3) is 0 Å². The van der Waals surface area contributed by atoms with Gasteiger partial charge in [0.2, 0.25) is 0 Å². The molecule has 1 aromatic rings. The van der Waals surface area contributed by atoms with Crippen LogP contribution >= 0.6 is 0 Å². The fraction of sp³-hybridized carbons (Fsp3) is 0.538. The van der Waals surface area contributed by atoms with Crippen molar-refractivity contribution < 1.29 is 9.47 Å². The van der Waals surface area contributed by atoms with Gasteiger partial charge in [-0.1, -0.05) is 0 Å². The lowest BCUT2D eigenvalue weighted by molar-refractivity contribution is 0.391. The van der Waals surface area contributed by atoms with Crippen LogP contribution in [0.5, 0.6) is 11.5 Å². The summed E-state index contributed by atoms with van der Waals surface area (Å²) in [5.41, 5.74) is 1.16. The Morgan fingerprint density at radius 3 is 2.56 bits per heavy atom. The van der Waals surface area contributed by atoms with Crippen LogP contribution in [0.15, 0.2) is 18.2 Å². The molecule has 3 heteroatoms. The third kappa shape index (κ3) is 2.47. The Morgan fingerprint density at radius 2 is 2.00 bits per heavy atom. The minimum absolute atomic E-state index is 0.303. The van der Waals surface area contributed by atoms with Crippen molar-refractivity contribution in [2.75, 3.05) is 14.2 Å². The van der Waals surface area contributed by atoms with E-state index in [4.69, 9.17) is 9.47 Å². The van der Waals surface area contributed by atoms with Crippen molar-refractivity contribution in [1.82, 2.24) is 5.32 Å². The van der Waals surface area contributed by atoms with Crippen molar-refractivity contribution in [1.29, 1.82) is 0 Å². The molecule has 0 bridgehead atoms. The van der Waals surface area contributed by atoms with E-state index in [9.17, 15) is 0 Å². The van der Waals surface area contributed by atoms with Crippen molar-refractivity contribution in [2.45, 2.75) is 31.8 Å². The normalized spacial score (nSPS) is 16.9. The van der Waals surface area contributed by atoms with Gasteiger partial charge in [0.15, 0.2) is 0 Å². The first-order chi connectivity index (χ1) is 7.74. The summed E-state index contributed by atoms with van der Waals surface area (Å²) in [6.07, 6.45) is 2.58. The van der Waals surface area contributed by atoms with Gasteiger partial charge < -0.3 is 14.8 Å². The minimum atomic E-state index is 0.303. The quantitative estimate of drug-likeness (QED) is 0.828. The second-order valence-electron chi connectivity index (χ2n) is 4.27. The molecule has 1 aliphatic carbocycles. The van der Waals surface area contributed by atoms with E-state index in [-0.39, 0.29) is 0 Å². The Hall–Kier alpha value is -1.22. The maximum atomic E-state index is 5.37. The zero-order chi connectivity index (χ0) is 11.5. The summed E-state index contributed by atoms with van der Waals surface area (Å²) in [6.45, 7) is 2.16. The van der Waals surface area contributed by atoms with E-state index in [0.29, 0.717) is 12.1 Å². The molecule has 1 aromatic carbocycles. The number of benzene rings is 1. The predicted molar refractivity (Wildman–Crippen MR) is 64.1 cm³/mol. The number of ether oxygens (including phenoxy) is 2. The molecule has 0 aromatic heterocycles. The molecule has 0 heterocycles. The average Bonchev–Trinajstić information content (AvgIpc) is 3.12. The Morgan fingerprint density at radius 1 is 1.25 bits per heavy atom. The van der Waals surface area contributed by atoms with Gasteiger partial charge in [-0.3, -0.25) is 0 Å². The number of rotatable bonds is 5. The third-order valence-corrected chi connectivity index (χ3v) is 2.97. The highest BCUT2D eigenvalue weighted by Gasteiger charge is 2.24. The smallest absolute Gasteiger partial charge is 0.123 e. The van der Waals surface area contributed by atoms with Gasteiger partial charge in [0.1, 0.15) is 11.5 Å². The average molecular weight is 221 g/mol. The maximum absolute atomic E-state index is 5.37. The second-order valence-corrected chi connectivity index (χ2v) is 4.27. The van der Waals surface area contributed by atoms with Gasteiger partial charge in [-0.15, -0.1) is 0 Å². The lowest BCUT2D eigenvalue weighted by atomic mass is 10.1. The van der Waals surface area contributed by atoms with Crippen molar-refractivity contribution in [3.05, 3.63) is 23.8 Å². The fourth-order valence-electron chi connectivity index (χ4n) is 1.87. The predicted octanol–water partition coefficient (Wildman–Crippen LogP) is 2.52. The molecule has 0 amide bonds. The SMILES string of the molecule is COc1ccc(OC)c(C(C)NC2CC2)c1. The van der Waals surface area contributed by atoms with Gasteiger partial charge in [-0.25, -0.2) is 0 Å². The van der Waals surface area contributed by atoms with Crippen LogP contribution in [0.1, 0.15) is 31.4 Å². The van der Waals surface area contributed by atoms with Gasteiger partial charge in [0.25, 0.3) is 0 Å². The lowest BCUT2D eigenvalue weighted by Crippen LogP contribution is -2.21. The monoisotopic (exact) mass is 221 g/mol. The molecule has 0 spiro atoms. The van der Waals surface area contributed by atoms with E-state index in [2.05, 4.69) is 12.2 Å². The van der Waals surface area contributed by atoms with Crippen molar-refractivity contribution in [2.24, 2.45) is 0 Å². The van der Waals surface area contributed by atoms with E-state index in [0.717, 1.165) is 17.1 Å². The first-order valence-corrected chi connectivity index (χ1v) is 5.72. The highest BCUT2D eigenvalue weighted by Crippen LogP contribution is 2.31. The Kier molecular flexibility index (Phi) is 3.34. The van der Waals surface area contributed by atoms with Crippen molar-refractivity contribution in [3.63, 3.8) is 0 Å². The molecule has 1 aliphatic rings. The Bertz CT molecular complexity index is 361. The first kappa shape index (κ1) is 11.3. The summed E-state index contributed by atoms with van der Waals surface area (Å²) < 4.78 is 10.6. The summed E-state index contributed by atoms with van der Waals surface area (Å²) in [7, 11) is 3.39. The summed E-state index contributed by atoms with van der Waals surface area (Å²) in [5.74, 6) is 1.79. The van der Waals surface area contributed by atoms with Crippen LogP contribution in [-0.4, -0.2) is 20.3 Å². The molecule has 88 valence electrons. The molecule has 3 nitrogen and oxygen atoms in total. The van der Waals surface area contributed by atoms with Crippen molar-refractivity contribution >= 4 is 0 Å². The molecule has 1 unspecified atom stereocenters. The highest BCUT2D eigenvalue weighted by atomic mass is 16.5. The molecular weight excluding hydrogens is 202 g/mol. The second kappa shape index (κ2) is 4.74. The molecule has 16 heavy (non-hydrogen) atoms. The number of nitrogens with one attached hydrogen (secondary N) is 1. The van der Waals surface area contributed by atoms with E-state index >= 15 is 0 Å². The van der Waals surface area contributed by atoms with Crippen LogP contribution in [0, 0.1) is 0 Å². The van der Waals surface area contributed by atoms with E-state index < -0.39 is 0 Å². The minimum Gasteiger partial charge on any atom is -0.497 e. The van der Waals surface area contributed by atoms with Crippen LogP contribution in [-0.2, 0) is 0 Å². The first-order valence-electron chi connectivity index (χ1n) is 5.72. The molecule has 0 aliphatic heterocycles. The summed E-state index contributed by atoms with van der Waals surface area (Å²) in [5, 5.41) is 3.56. The van der Waals surface area contributed by atoms with Crippen molar-refractivity contribution in [3.8, 4) is 11.5 Å². The summed E-state index contributed by atoms with van der Waals surface area (Å²) >= 11 is 0. The zero-order valence-corrected chi connectivity index (χ0v) is 10.1. The number of hydrogen-bond acceptors (Lipinski definition) is 3. The van der Waals surface area contributed by atoms with E-state index in [1.807, 2.05) is 18.2 Å². The standard InChI is InChI=1S/C13H19NO2/c1-9(14-10-4-5-10)12-8-11(15-2)6-7-13(12)16-3/h6-10,14H,4-5H2,1-3H3. The highest BCUT2D eigenvalue weighted by molar-refractivity contribution is 5.42. The van der Waals surface area contributed by atoms with E-state index in [1.54, 1.807) is 14.2 Å². The molecule has 1 N–H and O–H groups in total. The molecule has 1 atom stereocenters. The number of methoxy groups -OCH3 is 2. The van der Waals surface area contributed by atoms with Crippen LogP contribution in [0.2, 0.25) is 0 Å². The van der Waals surface area contributed by atoms with E-state index in [1.165, 1.54) is 12.8 Å². The lowest BCUT2D eigenvalue weighted by Gasteiger charge is -2.17. The third-order valence-electron chi connectivity index (χ3n) is 2.97. The van der Waals surface area contributed by atoms with Crippen LogP contribution < -0.4 is 14.8 Å². The molecular formula is C13H19NO2. The molecule has 0 radical (unpaired) electrons. The maximum Gasteiger partial charge on any atom is 0.123 e.